The molecule has 0 spiro atoms. The van der Waals surface area contributed by atoms with Gasteiger partial charge in [-0.25, -0.2) is 0 Å². The first-order valence-electron chi connectivity index (χ1n) is 9.27. The summed E-state index contributed by atoms with van der Waals surface area (Å²) in [6, 6.07) is 27.1. The fourth-order valence-electron chi connectivity index (χ4n) is 3.57. The summed E-state index contributed by atoms with van der Waals surface area (Å²) >= 11 is 0. The predicted octanol–water partition coefficient (Wildman–Crippen LogP) is 5.78. The minimum absolute atomic E-state index is 0.696. The fourth-order valence-corrected chi connectivity index (χ4v) is 3.57. The van der Waals surface area contributed by atoms with Gasteiger partial charge in [0.1, 0.15) is 0 Å². The number of hydrogen-bond acceptors (Lipinski definition) is 1. The van der Waals surface area contributed by atoms with E-state index in [0.29, 0.717) is 6.61 Å². The lowest BCUT2D eigenvalue weighted by atomic mass is 9.91. The molecule has 0 fully saturated rings. The van der Waals surface area contributed by atoms with Crippen molar-refractivity contribution in [1.82, 2.24) is 0 Å². The van der Waals surface area contributed by atoms with Crippen LogP contribution in [0.15, 0.2) is 78.9 Å². The summed E-state index contributed by atoms with van der Waals surface area (Å²) in [5.74, 6) is 6.87. The molecule has 0 amide bonds. The molecule has 0 heterocycles. The summed E-state index contributed by atoms with van der Waals surface area (Å²) in [5, 5.41) is 0. The second-order valence-corrected chi connectivity index (χ2v) is 6.59. The third-order valence-corrected chi connectivity index (χ3v) is 4.88. The molecule has 4 rings (SSSR count). The average molecular weight is 338 g/mol. The van der Waals surface area contributed by atoms with Crippen LogP contribution >= 0.6 is 0 Å². The largest absolute Gasteiger partial charge is 0.354 e. The number of hydrogen-bond donors (Lipinski definition) is 0. The topological polar surface area (TPSA) is 9.23 Å². The van der Waals surface area contributed by atoms with E-state index in [1.165, 1.54) is 11.1 Å². The van der Waals surface area contributed by atoms with Gasteiger partial charge >= 0.3 is 0 Å². The molecule has 1 nitrogen and oxygen atoms in total. The van der Waals surface area contributed by atoms with Crippen molar-refractivity contribution in [2.24, 2.45) is 0 Å². The van der Waals surface area contributed by atoms with Crippen molar-refractivity contribution in [2.75, 3.05) is 6.61 Å². The van der Waals surface area contributed by atoms with E-state index >= 15 is 0 Å². The lowest BCUT2D eigenvalue weighted by molar-refractivity contribution is 0.0278. The van der Waals surface area contributed by atoms with Gasteiger partial charge < -0.3 is 4.74 Å². The van der Waals surface area contributed by atoms with Crippen molar-refractivity contribution in [2.45, 2.75) is 25.4 Å². The molecule has 0 aromatic heterocycles. The van der Waals surface area contributed by atoms with Gasteiger partial charge in [-0.2, -0.15) is 0 Å². The van der Waals surface area contributed by atoms with Crippen molar-refractivity contribution in [3.63, 3.8) is 0 Å². The zero-order chi connectivity index (χ0) is 17.8. The molecule has 0 aliphatic heterocycles. The van der Waals surface area contributed by atoms with E-state index in [0.717, 1.165) is 29.5 Å². The Kier molecular flexibility index (Phi) is 4.61. The van der Waals surface area contributed by atoms with Gasteiger partial charge in [0.25, 0.3) is 0 Å². The molecule has 3 aromatic carbocycles. The van der Waals surface area contributed by atoms with Crippen LogP contribution < -0.4 is 0 Å². The highest BCUT2D eigenvalue weighted by Crippen LogP contribution is 2.49. The van der Waals surface area contributed by atoms with Crippen LogP contribution in [0.1, 0.15) is 36.5 Å². The minimum atomic E-state index is -0.696. The van der Waals surface area contributed by atoms with Gasteiger partial charge in [-0.15, -0.1) is 0 Å². The average Bonchev–Trinajstić information content (AvgIpc) is 2.98. The molecule has 0 N–H and O–H groups in total. The van der Waals surface area contributed by atoms with E-state index in [1.54, 1.807) is 0 Å². The lowest BCUT2D eigenvalue weighted by Crippen LogP contribution is -2.28. The number of benzene rings is 3. The number of ether oxygens (including phenoxy) is 1. The van der Waals surface area contributed by atoms with Gasteiger partial charge in [0.15, 0.2) is 5.60 Å². The van der Waals surface area contributed by atoms with Crippen LogP contribution in [0.25, 0.3) is 11.1 Å². The van der Waals surface area contributed by atoms with E-state index in [-0.39, 0.29) is 0 Å². The first kappa shape index (κ1) is 16.6. The summed E-state index contributed by atoms with van der Waals surface area (Å²) in [7, 11) is 0. The van der Waals surface area contributed by atoms with Crippen LogP contribution in [0.2, 0.25) is 0 Å². The maximum absolute atomic E-state index is 6.53. The molecule has 3 aromatic rings. The Morgan fingerprint density at radius 2 is 1.35 bits per heavy atom. The Labute approximate surface area is 155 Å². The first-order valence-corrected chi connectivity index (χ1v) is 9.27. The Morgan fingerprint density at radius 3 is 1.96 bits per heavy atom. The summed E-state index contributed by atoms with van der Waals surface area (Å²) < 4.78 is 6.53. The number of fused-ring (bicyclic) bond motifs is 3. The normalized spacial score (nSPS) is 13.4. The zero-order valence-electron chi connectivity index (χ0n) is 15.0. The van der Waals surface area contributed by atoms with E-state index in [4.69, 9.17) is 4.74 Å². The predicted molar refractivity (Wildman–Crippen MR) is 107 cm³/mol. The molecule has 0 saturated carbocycles. The highest BCUT2D eigenvalue weighted by atomic mass is 16.5. The Morgan fingerprint density at radius 1 is 0.769 bits per heavy atom. The van der Waals surface area contributed by atoms with Gasteiger partial charge in [0.05, 0.1) is 0 Å². The van der Waals surface area contributed by atoms with E-state index in [1.807, 2.05) is 30.3 Å². The summed E-state index contributed by atoms with van der Waals surface area (Å²) in [6.07, 6.45) is 2.13. The molecule has 0 unspecified atom stereocenters. The molecule has 0 atom stereocenters. The van der Waals surface area contributed by atoms with Gasteiger partial charge in [0.2, 0.25) is 0 Å². The molecule has 0 saturated heterocycles. The Hall–Kier alpha value is -2.82. The van der Waals surface area contributed by atoms with Crippen LogP contribution in [0.4, 0.5) is 0 Å². The monoisotopic (exact) mass is 338 g/mol. The molecule has 128 valence electrons. The van der Waals surface area contributed by atoms with Gasteiger partial charge in [-0.3, -0.25) is 0 Å². The first-order chi connectivity index (χ1) is 12.8. The van der Waals surface area contributed by atoms with Gasteiger partial charge in [0, 0.05) is 23.3 Å². The molecular weight excluding hydrogens is 316 g/mol. The van der Waals surface area contributed by atoms with Crippen LogP contribution in [0.5, 0.6) is 0 Å². The zero-order valence-corrected chi connectivity index (χ0v) is 15.0. The molecule has 1 aliphatic carbocycles. The van der Waals surface area contributed by atoms with Crippen LogP contribution in [-0.2, 0) is 10.3 Å². The highest BCUT2D eigenvalue weighted by molar-refractivity contribution is 5.82. The van der Waals surface area contributed by atoms with Crippen LogP contribution in [-0.4, -0.2) is 6.61 Å². The molecular formula is C25H22O. The molecule has 0 radical (unpaired) electrons. The number of unbranched alkanes of at least 4 members (excludes halogenated alkanes) is 1. The molecule has 26 heavy (non-hydrogen) atoms. The van der Waals surface area contributed by atoms with Crippen molar-refractivity contribution in [3.05, 3.63) is 95.6 Å². The van der Waals surface area contributed by atoms with Crippen molar-refractivity contribution in [3.8, 4) is 23.0 Å². The van der Waals surface area contributed by atoms with E-state index in [2.05, 4.69) is 67.3 Å². The van der Waals surface area contributed by atoms with Gasteiger partial charge in [-0.1, -0.05) is 91.9 Å². The lowest BCUT2D eigenvalue weighted by Gasteiger charge is -2.27. The standard InChI is InChI=1S/C25H22O/c1-2-3-19-26-25(18-17-20-11-5-4-6-12-20)23-15-9-7-13-21(23)22-14-8-10-16-24(22)25/h4-16H,2-3,19H2,1H3. The van der Waals surface area contributed by atoms with Crippen LogP contribution in [0, 0.1) is 11.8 Å². The van der Waals surface area contributed by atoms with E-state index < -0.39 is 5.60 Å². The van der Waals surface area contributed by atoms with Crippen molar-refractivity contribution >= 4 is 0 Å². The van der Waals surface area contributed by atoms with E-state index in [9.17, 15) is 0 Å². The second-order valence-electron chi connectivity index (χ2n) is 6.59. The molecule has 1 heteroatoms. The second kappa shape index (κ2) is 7.20. The fraction of sp³-hybridized carbons (Fsp3) is 0.200. The third kappa shape index (κ3) is 2.83. The maximum atomic E-state index is 6.53. The summed E-state index contributed by atoms with van der Waals surface area (Å²) in [4.78, 5) is 0. The SMILES string of the molecule is CCCCOC1(C#Cc2ccccc2)c2ccccc2-c2ccccc21. The smallest absolute Gasteiger partial charge is 0.181 e. The minimum Gasteiger partial charge on any atom is -0.354 e. The van der Waals surface area contributed by atoms with Crippen molar-refractivity contribution < 1.29 is 4.74 Å². The Bertz CT molecular complexity index is 914. The van der Waals surface area contributed by atoms with Crippen LogP contribution in [0.3, 0.4) is 0 Å². The third-order valence-electron chi connectivity index (χ3n) is 4.88. The van der Waals surface area contributed by atoms with Gasteiger partial charge in [-0.05, 0) is 29.7 Å². The number of rotatable bonds is 4. The molecule has 1 aliphatic rings. The Balaban J connectivity index is 1.89. The summed E-state index contributed by atoms with van der Waals surface area (Å²) in [6.45, 7) is 2.88. The van der Waals surface area contributed by atoms with Crippen molar-refractivity contribution in [1.29, 1.82) is 0 Å². The summed E-state index contributed by atoms with van der Waals surface area (Å²) in [5.41, 5.74) is 5.07. The quantitative estimate of drug-likeness (QED) is 0.433. The molecule has 0 bridgehead atoms. The maximum Gasteiger partial charge on any atom is 0.181 e. The highest BCUT2D eigenvalue weighted by Gasteiger charge is 2.42.